The number of nitrogens with one attached hydrogen (secondary N) is 3. The van der Waals surface area contributed by atoms with Gasteiger partial charge in [-0.1, -0.05) is 6.08 Å². The number of methoxy groups -OCH3 is 1. The van der Waals surface area contributed by atoms with Crippen molar-refractivity contribution in [1.29, 1.82) is 0 Å². The zero-order chi connectivity index (χ0) is 33.6. The summed E-state index contributed by atoms with van der Waals surface area (Å²) >= 11 is 3.55. The van der Waals surface area contributed by atoms with Crippen molar-refractivity contribution >= 4 is 54.7 Å². The van der Waals surface area contributed by atoms with Crippen molar-refractivity contribution in [2.24, 2.45) is 5.92 Å². The number of urea groups is 1. The maximum atomic E-state index is 13.9. The van der Waals surface area contributed by atoms with Gasteiger partial charge in [0.25, 0.3) is 5.91 Å². The van der Waals surface area contributed by atoms with Gasteiger partial charge in [0.1, 0.15) is 29.2 Å². The number of halogens is 1. The highest BCUT2D eigenvalue weighted by molar-refractivity contribution is 9.10. The van der Waals surface area contributed by atoms with E-state index in [1.807, 2.05) is 27.7 Å². The van der Waals surface area contributed by atoms with Crippen molar-refractivity contribution < 1.29 is 37.0 Å². The van der Waals surface area contributed by atoms with Crippen molar-refractivity contribution in [3.05, 3.63) is 35.3 Å². The molecule has 4 atom stereocenters. The molecule has 0 spiro atoms. The fourth-order valence-electron chi connectivity index (χ4n) is 5.61. The summed E-state index contributed by atoms with van der Waals surface area (Å²) < 4.78 is 45.5. The van der Waals surface area contributed by atoms with Crippen LogP contribution in [0, 0.1) is 5.92 Å². The Labute approximate surface area is 277 Å². The van der Waals surface area contributed by atoms with Crippen LogP contribution in [0.15, 0.2) is 35.3 Å². The summed E-state index contributed by atoms with van der Waals surface area (Å²) in [6.45, 7) is 11.5. The van der Waals surface area contributed by atoms with Crippen LogP contribution in [-0.2, 0) is 19.6 Å². The molecule has 250 valence electrons. The molecule has 15 heteroatoms. The molecule has 0 unspecified atom stereocenters. The van der Waals surface area contributed by atoms with E-state index in [0.717, 1.165) is 0 Å². The van der Waals surface area contributed by atoms with Crippen LogP contribution in [0.4, 0.5) is 4.79 Å². The number of amides is 4. The summed E-state index contributed by atoms with van der Waals surface area (Å²) in [6, 6.07) is 3.74. The lowest BCUT2D eigenvalue weighted by Crippen LogP contribution is -2.58. The second-order valence-corrected chi connectivity index (χ2v) is 15.6. The third kappa shape index (κ3) is 6.89. The third-order valence-electron chi connectivity index (χ3n) is 8.19. The van der Waals surface area contributed by atoms with Crippen molar-refractivity contribution in [2.75, 3.05) is 20.3 Å². The smallest absolute Gasteiger partial charge is 0.318 e. The molecule has 3 N–H and O–H groups in total. The van der Waals surface area contributed by atoms with E-state index in [0.29, 0.717) is 52.2 Å². The Morgan fingerprint density at radius 3 is 2.52 bits per heavy atom. The molecule has 5 rings (SSSR count). The first-order chi connectivity index (χ1) is 21.6. The third-order valence-corrected chi connectivity index (χ3v) is 10.8. The molecule has 0 bridgehead atoms. The first kappa shape index (κ1) is 33.8. The maximum Gasteiger partial charge on any atom is 0.318 e. The Hall–Kier alpha value is -3.59. The van der Waals surface area contributed by atoms with Gasteiger partial charge in [0.15, 0.2) is 0 Å². The molecule has 46 heavy (non-hydrogen) atoms. The van der Waals surface area contributed by atoms with Crippen molar-refractivity contribution in [3.63, 3.8) is 0 Å². The minimum absolute atomic E-state index is 0.0608. The molecule has 2 aliphatic carbocycles. The number of carbonyl (C=O) groups is 3. The molecule has 1 aliphatic heterocycles. The van der Waals surface area contributed by atoms with Crippen LogP contribution in [0.1, 0.15) is 53.4 Å². The Balaban J connectivity index is 1.42. The van der Waals surface area contributed by atoms with Gasteiger partial charge >= 0.3 is 6.03 Å². The number of benzene rings is 1. The van der Waals surface area contributed by atoms with Crippen LogP contribution >= 0.6 is 15.9 Å². The van der Waals surface area contributed by atoms with E-state index in [1.165, 1.54) is 11.0 Å². The topological polar surface area (TPSA) is 165 Å². The van der Waals surface area contributed by atoms with Gasteiger partial charge < -0.3 is 29.7 Å². The number of nitrogens with zero attached hydrogens (tertiary/aromatic N) is 2. The number of sulfonamides is 1. The fourth-order valence-corrected chi connectivity index (χ4v) is 7.57. The molecule has 0 radical (unpaired) electrons. The van der Waals surface area contributed by atoms with Gasteiger partial charge in [-0.3, -0.25) is 14.3 Å². The highest BCUT2D eigenvalue weighted by Gasteiger charge is 2.62. The van der Waals surface area contributed by atoms with Crippen LogP contribution in [0.25, 0.3) is 10.9 Å². The SMILES string of the molecule is C=C[C@@H]1C[C@]1(NC(=O)[C@H]1C[C@@H](Oc2cc(OCC)nc3c(Br)c(OC)ccc23)CN1C(=O)NC(C)(C)C)C(=O)NS(=O)(=O)C1CC1. The van der Waals surface area contributed by atoms with Crippen LogP contribution in [0.2, 0.25) is 0 Å². The lowest BCUT2D eigenvalue weighted by atomic mass is 10.1. The number of ether oxygens (including phenoxy) is 3. The van der Waals surface area contributed by atoms with E-state index in [1.54, 1.807) is 25.3 Å². The maximum absolute atomic E-state index is 13.9. The van der Waals surface area contributed by atoms with Gasteiger partial charge in [0.05, 0.1) is 35.5 Å². The predicted octanol–water partition coefficient (Wildman–Crippen LogP) is 3.40. The van der Waals surface area contributed by atoms with E-state index in [-0.39, 0.29) is 19.4 Å². The molecule has 4 amide bonds. The molecule has 1 aromatic heterocycles. The predicted molar refractivity (Wildman–Crippen MR) is 174 cm³/mol. The second-order valence-electron chi connectivity index (χ2n) is 12.9. The Kier molecular flexibility index (Phi) is 9.21. The highest BCUT2D eigenvalue weighted by atomic mass is 79.9. The average molecular weight is 723 g/mol. The minimum Gasteiger partial charge on any atom is -0.495 e. The van der Waals surface area contributed by atoms with Crippen molar-refractivity contribution in [1.82, 2.24) is 25.2 Å². The first-order valence-corrected chi connectivity index (χ1v) is 17.5. The lowest BCUT2D eigenvalue weighted by molar-refractivity contribution is -0.131. The molecule has 13 nitrogen and oxygen atoms in total. The quantitative estimate of drug-likeness (QED) is 0.295. The zero-order valence-corrected chi connectivity index (χ0v) is 28.9. The largest absolute Gasteiger partial charge is 0.495 e. The van der Waals surface area contributed by atoms with Gasteiger partial charge in [-0.05, 0) is 75.0 Å². The number of fused-ring (bicyclic) bond motifs is 1. The summed E-state index contributed by atoms with van der Waals surface area (Å²) in [5.74, 6) is -0.529. The van der Waals surface area contributed by atoms with Gasteiger partial charge in [-0.25, -0.2) is 18.2 Å². The normalized spacial score (nSPS) is 24.2. The van der Waals surface area contributed by atoms with Crippen molar-refractivity contribution in [3.8, 4) is 17.4 Å². The molecule has 2 heterocycles. The Morgan fingerprint density at radius 2 is 1.93 bits per heavy atom. The van der Waals surface area contributed by atoms with E-state index in [2.05, 4.69) is 42.8 Å². The van der Waals surface area contributed by atoms with E-state index in [4.69, 9.17) is 14.2 Å². The van der Waals surface area contributed by atoms with Gasteiger partial charge in [0, 0.05) is 29.3 Å². The summed E-state index contributed by atoms with van der Waals surface area (Å²) in [5.41, 5.74) is -1.53. The first-order valence-electron chi connectivity index (χ1n) is 15.2. The van der Waals surface area contributed by atoms with E-state index < -0.39 is 62.3 Å². The molecule has 2 aromatic rings. The van der Waals surface area contributed by atoms with E-state index in [9.17, 15) is 22.8 Å². The fraction of sp³-hybridized carbons (Fsp3) is 0.548. The Bertz CT molecular complexity index is 1670. The van der Waals surface area contributed by atoms with Crippen LogP contribution < -0.4 is 29.6 Å². The minimum atomic E-state index is -3.84. The molecule has 3 fully saturated rings. The molecular weight excluding hydrogens is 682 g/mol. The van der Waals surface area contributed by atoms with Gasteiger partial charge in [-0.15, -0.1) is 6.58 Å². The lowest BCUT2D eigenvalue weighted by Gasteiger charge is -2.30. The number of pyridine rings is 1. The molecular formula is C31H40BrN5O8S. The second kappa shape index (κ2) is 12.5. The van der Waals surface area contributed by atoms with Gasteiger partial charge in [-0.2, -0.15) is 0 Å². The number of carbonyl (C=O) groups excluding carboxylic acids is 3. The standard InChI is InChI=1S/C31H40BrN5O8S/c1-7-17-15-31(17,28(39)36-46(41,42)19-9-10-19)34-27(38)21-13-18(16-37(21)29(40)35-30(3,4)5)45-23-14-24(44-8-2)33-26-20(23)11-12-22(43-6)25(26)32/h7,11-12,14,17-19,21H,1,8-10,13,15-16H2,2-6H3,(H,34,38)(H,35,40)(H,36,39)/t17-,18-,21-,31-/m1/s1. The van der Waals surface area contributed by atoms with Crippen molar-refractivity contribution in [2.45, 2.75) is 81.9 Å². The van der Waals surface area contributed by atoms with Crippen LogP contribution in [0.5, 0.6) is 17.4 Å². The average Bonchev–Trinajstić information content (AvgIpc) is 3.90. The van der Waals surface area contributed by atoms with Crippen LogP contribution in [0.3, 0.4) is 0 Å². The number of hydrogen-bond acceptors (Lipinski definition) is 9. The molecule has 3 aliphatic rings. The molecule has 1 aromatic carbocycles. The molecule has 2 saturated carbocycles. The highest BCUT2D eigenvalue weighted by Crippen LogP contribution is 2.46. The molecule has 1 saturated heterocycles. The Morgan fingerprint density at radius 1 is 1.22 bits per heavy atom. The summed E-state index contributed by atoms with van der Waals surface area (Å²) in [6.07, 6.45) is 2.15. The number of hydrogen-bond donors (Lipinski definition) is 3. The summed E-state index contributed by atoms with van der Waals surface area (Å²) in [7, 11) is -2.29. The summed E-state index contributed by atoms with van der Waals surface area (Å²) in [5, 5.41) is 5.74. The van der Waals surface area contributed by atoms with Gasteiger partial charge in [0.2, 0.25) is 21.8 Å². The number of aromatic nitrogens is 1. The van der Waals surface area contributed by atoms with E-state index >= 15 is 0 Å². The summed E-state index contributed by atoms with van der Waals surface area (Å²) in [4.78, 5) is 46.7. The van der Waals surface area contributed by atoms with Crippen LogP contribution in [-0.4, -0.2) is 84.9 Å². The monoisotopic (exact) mass is 721 g/mol. The zero-order valence-electron chi connectivity index (χ0n) is 26.5. The number of likely N-dealkylation sites (tertiary alicyclic amines) is 1. The number of rotatable bonds is 11.